The first-order valence-corrected chi connectivity index (χ1v) is 7.24. The Morgan fingerprint density at radius 3 is 2.81 bits per heavy atom. The number of nitrogens with two attached hydrogens (primary N) is 1. The Morgan fingerprint density at radius 1 is 1.50 bits per heavy atom. The second kappa shape index (κ2) is 7.75. The molecule has 4 N–H and O–H groups in total. The van der Waals surface area contributed by atoms with E-state index >= 15 is 0 Å². The molecular weight excluding hydrogens is 342 g/mol. The summed E-state index contributed by atoms with van der Waals surface area (Å²) in [6.45, 7) is -1.15. The first-order valence-electron chi connectivity index (χ1n) is 7.24. The Bertz CT molecular complexity index is 873. The van der Waals surface area contributed by atoms with E-state index in [1.165, 1.54) is 36.4 Å². The molecule has 2 rings (SSSR count). The maximum Gasteiger partial charge on any atom is 0.270 e. The van der Waals surface area contributed by atoms with Gasteiger partial charge in [-0.25, -0.2) is 9.37 Å². The third kappa shape index (κ3) is 3.70. The van der Waals surface area contributed by atoms with Gasteiger partial charge in [-0.05, 0) is 12.1 Å². The van der Waals surface area contributed by atoms with Crippen molar-refractivity contribution in [2.75, 3.05) is 6.86 Å². The quantitative estimate of drug-likeness (QED) is 0.299. The molecule has 1 atom stereocenters. The van der Waals surface area contributed by atoms with E-state index in [9.17, 15) is 19.6 Å². The molecule has 1 aromatic carbocycles. The predicted octanol–water partition coefficient (Wildman–Crippen LogP) is 1.77. The summed E-state index contributed by atoms with van der Waals surface area (Å²) in [5.74, 6) is 0.000629. The van der Waals surface area contributed by atoms with E-state index in [1.54, 1.807) is 0 Å². The summed E-state index contributed by atoms with van der Waals surface area (Å²) in [6.07, 6.45) is 1.72. The Labute approximate surface area is 149 Å². The van der Waals surface area contributed by atoms with Gasteiger partial charge in [-0.2, -0.15) is 0 Å². The summed E-state index contributed by atoms with van der Waals surface area (Å²) in [5, 5.41) is 28.7. The van der Waals surface area contributed by atoms with Gasteiger partial charge in [-0.15, -0.1) is 0 Å². The van der Waals surface area contributed by atoms with Gasteiger partial charge < -0.3 is 21.0 Å². The molecular formula is C16H14BFN4O4. The van der Waals surface area contributed by atoms with Crippen LogP contribution in [0.25, 0.3) is 11.3 Å². The molecule has 0 saturated carbocycles. The number of ether oxygens (including phenoxy) is 1. The Kier molecular flexibility index (Phi) is 5.68. The highest BCUT2D eigenvalue weighted by atomic mass is 19.1. The van der Waals surface area contributed by atoms with E-state index in [0.717, 1.165) is 12.4 Å². The Morgan fingerprint density at radius 2 is 2.23 bits per heavy atom. The number of nitrogens with zero attached hydrogens (tertiary/aromatic N) is 2. The molecule has 2 radical (unpaired) electrons. The van der Waals surface area contributed by atoms with Gasteiger partial charge in [0.15, 0.2) is 0 Å². The number of nitrogens with one attached hydrogen (secondary N) is 1. The minimum absolute atomic E-state index is 0.000629. The number of aliphatic hydroxyl groups is 1. The molecule has 0 aliphatic rings. The fourth-order valence-electron chi connectivity index (χ4n) is 2.24. The summed E-state index contributed by atoms with van der Waals surface area (Å²) in [7, 11) is 5.82. The van der Waals surface area contributed by atoms with Crippen LogP contribution < -0.4 is 10.5 Å². The minimum Gasteiger partial charge on any atom is -0.461 e. The highest BCUT2D eigenvalue weighted by Crippen LogP contribution is 2.33. The van der Waals surface area contributed by atoms with Crippen LogP contribution in [0, 0.1) is 15.5 Å². The number of pyridine rings is 1. The molecule has 0 spiro atoms. The lowest BCUT2D eigenvalue weighted by Gasteiger charge is -2.25. The lowest BCUT2D eigenvalue weighted by molar-refractivity contribution is -0.384. The number of nitro benzene ring substituents is 1. The van der Waals surface area contributed by atoms with E-state index < -0.39 is 17.3 Å². The van der Waals surface area contributed by atoms with Crippen LogP contribution in [0.2, 0.25) is 0 Å². The minimum atomic E-state index is -2.19. The van der Waals surface area contributed by atoms with Crippen LogP contribution in [-0.2, 0) is 5.50 Å². The van der Waals surface area contributed by atoms with Crippen molar-refractivity contribution in [3.8, 4) is 17.0 Å². The number of hydrogen-bond donors (Lipinski definition) is 3. The van der Waals surface area contributed by atoms with Crippen molar-refractivity contribution in [2.24, 2.45) is 5.73 Å². The van der Waals surface area contributed by atoms with Crippen molar-refractivity contribution in [1.29, 1.82) is 5.41 Å². The smallest absolute Gasteiger partial charge is 0.270 e. The third-order valence-corrected chi connectivity index (χ3v) is 3.56. The zero-order valence-corrected chi connectivity index (χ0v) is 13.4. The standard InChI is InChI=1S/C16H14BFN4O4/c17-16(23,11(7-19)8-20)14-5-4-13(26-9-18)15(21-14)10-2-1-3-12(6-10)22(24)25/h1-8,19,23H,9,20H2/b11-8+,19-7?. The van der Waals surface area contributed by atoms with Crippen molar-refractivity contribution in [1.82, 2.24) is 4.98 Å². The molecule has 1 aromatic heterocycles. The van der Waals surface area contributed by atoms with Gasteiger partial charge in [-0.1, -0.05) is 12.1 Å². The van der Waals surface area contributed by atoms with Crippen LogP contribution >= 0.6 is 0 Å². The molecule has 0 aliphatic carbocycles. The Balaban J connectivity index is 2.65. The van der Waals surface area contributed by atoms with Crippen LogP contribution in [0.4, 0.5) is 10.1 Å². The molecule has 26 heavy (non-hydrogen) atoms. The van der Waals surface area contributed by atoms with E-state index in [4.69, 9.17) is 23.7 Å². The maximum atomic E-state index is 12.7. The lowest BCUT2D eigenvalue weighted by Crippen LogP contribution is -2.31. The molecule has 0 bridgehead atoms. The lowest BCUT2D eigenvalue weighted by atomic mass is 9.73. The maximum absolute atomic E-state index is 12.7. The van der Waals surface area contributed by atoms with E-state index in [2.05, 4.69) is 4.98 Å². The molecule has 10 heteroatoms. The molecule has 1 heterocycles. The third-order valence-electron chi connectivity index (χ3n) is 3.56. The Hall–Kier alpha value is -3.27. The van der Waals surface area contributed by atoms with Gasteiger partial charge in [0.2, 0.25) is 6.86 Å². The molecule has 8 nitrogen and oxygen atoms in total. The topological polar surface area (TPSA) is 135 Å². The molecule has 2 aromatic rings. The van der Waals surface area contributed by atoms with Crippen LogP contribution in [0.5, 0.6) is 5.75 Å². The van der Waals surface area contributed by atoms with Crippen molar-refractivity contribution in [2.45, 2.75) is 5.50 Å². The summed E-state index contributed by atoms with van der Waals surface area (Å²) in [6, 6.07) is 8.04. The number of rotatable bonds is 7. The zero-order valence-electron chi connectivity index (χ0n) is 13.4. The normalized spacial score (nSPS) is 13.7. The number of benzene rings is 1. The highest BCUT2D eigenvalue weighted by Gasteiger charge is 2.29. The van der Waals surface area contributed by atoms with Gasteiger partial charge >= 0.3 is 0 Å². The van der Waals surface area contributed by atoms with E-state index in [0.29, 0.717) is 0 Å². The van der Waals surface area contributed by atoms with Crippen LogP contribution in [0.1, 0.15) is 5.69 Å². The first kappa shape index (κ1) is 19.1. The molecule has 132 valence electrons. The SMILES string of the molecule is [B]C(O)(/C(C=N)=C/N)c1ccc(OCF)c(-c2cccc([N+](=O)[O-])c2)n1. The second-order valence-electron chi connectivity index (χ2n) is 5.14. The number of nitro groups is 1. The van der Waals surface area contributed by atoms with Crippen LogP contribution in [0.15, 0.2) is 48.2 Å². The fourth-order valence-corrected chi connectivity index (χ4v) is 2.24. The van der Waals surface area contributed by atoms with Gasteiger partial charge in [-0.3, -0.25) is 10.1 Å². The van der Waals surface area contributed by atoms with Crippen molar-refractivity contribution in [3.63, 3.8) is 0 Å². The monoisotopic (exact) mass is 356 g/mol. The number of halogens is 1. The zero-order chi connectivity index (χ0) is 19.3. The summed E-state index contributed by atoms with van der Waals surface area (Å²) >= 11 is 0. The number of aromatic nitrogens is 1. The molecule has 0 aliphatic heterocycles. The van der Waals surface area contributed by atoms with Gasteiger partial charge in [0.1, 0.15) is 19.3 Å². The van der Waals surface area contributed by atoms with Crippen LogP contribution in [0.3, 0.4) is 0 Å². The van der Waals surface area contributed by atoms with Crippen LogP contribution in [-0.4, -0.2) is 35.9 Å². The average molecular weight is 356 g/mol. The molecule has 0 amide bonds. The molecule has 1 unspecified atom stereocenters. The van der Waals surface area contributed by atoms with Crippen molar-refractivity contribution in [3.05, 3.63) is 64.0 Å². The number of non-ortho nitro benzene ring substituents is 1. The van der Waals surface area contributed by atoms with Gasteiger partial charge in [0.05, 0.1) is 16.1 Å². The first-order chi connectivity index (χ1) is 12.3. The predicted molar refractivity (Wildman–Crippen MR) is 93.6 cm³/mol. The van der Waals surface area contributed by atoms with Gasteiger partial charge in [0, 0.05) is 35.7 Å². The average Bonchev–Trinajstić information content (AvgIpc) is 2.63. The summed E-state index contributed by atoms with van der Waals surface area (Å²) < 4.78 is 17.5. The number of alkyl halides is 1. The summed E-state index contributed by atoms with van der Waals surface area (Å²) in [4.78, 5) is 14.5. The van der Waals surface area contributed by atoms with E-state index in [-0.39, 0.29) is 34.0 Å². The van der Waals surface area contributed by atoms with Gasteiger partial charge in [0.25, 0.3) is 5.69 Å². The van der Waals surface area contributed by atoms with Crippen molar-refractivity contribution < 1.29 is 19.2 Å². The highest BCUT2D eigenvalue weighted by molar-refractivity contribution is 6.19. The van der Waals surface area contributed by atoms with E-state index in [1.807, 2.05) is 0 Å². The molecule has 0 fully saturated rings. The second-order valence-corrected chi connectivity index (χ2v) is 5.14. The summed E-state index contributed by atoms with van der Waals surface area (Å²) in [5.41, 5.74) is 3.02. The van der Waals surface area contributed by atoms with Crippen molar-refractivity contribution >= 4 is 19.7 Å². The fraction of sp³-hybridized carbons (Fsp3) is 0.125. The largest absolute Gasteiger partial charge is 0.461 e. The number of hydrogen-bond acceptors (Lipinski definition) is 7. The molecule has 0 saturated heterocycles.